The number of benzene rings is 1. The van der Waals surface area contributed by atoms with Crippen LogP contribution in [0.15, 0.2) is 18.2 Å². The highest BCUT2D eigenvalue weighted by atomic mass is 19.1. The zero-order chi connectivity index (χ0) is 14.8. The van der Waals surface area contributed by atoms with Crippen molar-refractivity contribution in [2.24, 2.45) is 0 Å². The lowest BCUT2D eigenvalue weighted by molar-refractivity contribution is -0.118. The Morgan fingerprint density at radius 3 is 2.86 bits per heavy atom. The topological polar surface area (TPSA) is 44.4 Å². The molecule has 0 aromatic heterocycles. The maximum Gasteiger partial charge on any atom is 0.246 e. The second-order valence-corrected chi connectivity index (χ2v) is 5.94. The van der Waals surface area contributed by atoms with Crippen molar-refractivity contribution >= 4 is 11.6 Å². The first-order chi connectivity index (χ1) is 10.2. The van der Waals surface area contributed by atoms with Crippen LogP contribution in [-0.4, -0.2) is 36.5 Å². The molecule has 0 saturated carbocycles. The van der Waals surface area contributed by atoms with Crippen LogP contribution in [0.5, 0.6) is 0 Å². The Morgan fingerprint density at radius 1 is 1.38 bits per heavy atom. The Kier molecular flexibility index (Phi) is 4.22. The Labute approximate surface area is 124 Å². The first kappa shape index (κ1) is 14.5. The van der Waals surface area contributed by atoms with E-state index in [1.165, 1.54) is 18.6 Å². The zero-order valence-corrected chi connectivity index (χ0v) is 12.4. The molecule has 0 spiro atoms. The van der Waals surface area contributed by atoms with Crippen molar-refractivity contribution in [1.82, 2.24) is 10.2 Å². The maximum absolute atomic E-state index is 13.4. The van der Waals surface area contributed by atoms with E-state index in [9.17, 15) is 9.18 Å². The van der Waals surface area contributed by atoms with Crippen molar-refractivity contribution in [3.8, 4) is 0 Å². The minimum Gasteiger partial charge on any atom is -0.324 e. The molecule has 21 heavy (non-hydrogen) atoms. The molecule has 114 valence electrons. The summed E-state index contributed by atoms with van der Waals surface area (Å²) in [5.41, 5.74) is 1.46. The van der Waals surface area contributed by atoms with E-state index in [1.54, 1.807) is 6.07 Å². The Hall–Kier alpha value is -1.46. The molecule has 4 nitrogen and oxygen atoms in total. The molecule has 1 aromatic rings. The number of amides is 1. The maximum atomic E-state index is 13.4. The van der Waals surface area contributed by atoms with Crippen molar-refractivity contribution in [1.29, 1.82) is 0 Å². The molecule has 1 aromatic carbocycles. The van der Waals surface area contributed by atoms with Gasteiger partial charge < -0.3 is 10.2 Å². The van der Waals surface area contributed by atoms with Gasteiger partial charge in [-0.15, -0.1) is 0 Å². The highest BCUT2D eigenvalue weighted by molar-refractivity contribution is 6.02. The summed E-state index contributed by atoms with van der Waals surface area (Å²) >= 11 is 0. The van der Waals surface area contributed by atoms with Crippen LogP contribution in [0.3, 0.4) is 0 Å². The van der Waals surface area contributed by atoms with Crippen LogP contribution in [0.25, 0.3) is 0 Å². The van der Waals surface area contributed by atoms with E-state index in [-0.39, 0.29) is 11.7 Å². The van der Waals surface area contributed by atoms with Crippen molar-refractivity contribution < 1.29 is 9.18 Å². The third kappa shape index (κ3) is 3.09. The van der Waals surface area contributed by atoms with E-state index in [0.29, 0.717) is 6.04 Å². The van der Waals surface area contributed by atoms with Crippen LogP contribution in [0.2, 0.25) is 0 Å². The van der Waals surface area contributed by atoms with E-state index in [1.807, 2.05) is 0 Å². The van der Waals surface area contributed by atoms with Gasteiger partial charge in [0.2, 0.25) is 5.91 Å². The normalized spacial score (nSPS) is 23.1. The molecule has 1 fully saturated rings. The van der Waals surface area contributed by atoms with Gasteiger partial charge in [-0.25, -0.2) is 4.39 Å². The Balaban J connectivity index is 1.64. The van der Waals surface area contributed by atoms with Gasteiger partial charge in [0.15, 0.2) is 0 Å². The zero-order valence-electron chi connectivity index (χ0n) is 12.4. The SMILES string of the molecule is CCCN1CCC(NC2C(=O)Nc3ccc(F)cc32)CC1. The fourth-order valence-corrected chi connectivity index (χ4v) is 3.27. The number of fused-ring (bicyclic) bond motifs is 1. The van der Waals surface area contributed by atoms with Gasteiger partial charge in [0, 0.05) is 17.3 Å². The lowest BCUT2D eigenvalue weighted by Gasteiger charge is -2.33. The standard InChI is InChI=1S/C16H22FN3O/c1-2-7-20-8-5-12(6-9-20)18-15-13-10-11(17)3-4-14(13)19-16(15)21/h3-4,10,12,15,18H,2,5-9H2,1H3,(H,19,21). The largest absolute Gasteiger partial charge is 0.324 e. The van der Waals surface area contributed by atoms with E-state index >= 15 is 0 Å². The van der Waals surface area contributed by atoms with Crippen molar-refractivity contribution in [3.05, 3.63) is 29.6 Å². The van der Waals surface area contributed by atoms with Gasteiger partial charge in [-0.2, -0.15) is 0 Å². The summed E-state index contributed by atoms with van der Waals surface area (Å²) in [6.07, 6.45) is 3.25. The molecule has 2 aliphatic heterocycles. The van der Waals surface area contributed by atoms with Gasteiger partial charge in [0.1, 0.15) is 11.9 Å². The predicted octanol–water partition coefficient (Wildman–Crippen LogP) is 2.28. The highest BCUT2D eigenvalue weighted by Crippen LogP contribution is 2.32. The molecular weight excluding hydrogens is 269 g/mol. The number of hydrogen-bond acceptors (Lipinski definition) is 3. The number of carbonyl (C=O) groups is 1. The van der Waals surface area contributed by atoms with Crippen LogP contribution in [0.4, 0.5) is 10.1 Å². The van der Waals surface area contributed by atoms with E-state index in [2.05, 4.69) is 22.5 Å². The minimum absolute atomic E-state index is 0.0772. The van der Waals surface area contributed by atoms with Gasteiger partial charge in [-0.3, -0.25) is 10.1 Å². The summed E-state index contributed by atoms with van der Waals surface area (Å²) in [6.45, 7) is 5.47. The molecule has 1 atom stereocenters. The first-order valence-electron chi connectivity index (χ1n) is 7.76. The van der Waals surface area contributed by atoms with Crippen LogP contribution in [0, 0.1) is 5.82 Å². The third-order valence-electron chi connectivity index (χ3n) is 4.37. The van der Waals surface area contributed by atoms with Crippen molar-refractivity contribution in [3.63, 3.8) is 0 Å². The summed E-state index contributed by atoms with van der Waals surface area (Å²) in [4.78, 5) is 14.5. The summed E-state index contributed by atoms with van der Waals surface area (Å²) < 4.78 is 13.4. The number of nitrogens with one attached hydrogen (secondary N) is 2. The fourth-order valence-electron chi connectivity index (χ4n) is 3.27. The molecule has 2 aliphatic rings. The van der Waals surface area contributed by atoms with Crippen molar-refractivity contribution in [2.75, 3.05) is 25.0 Å². The molecule has 1 saturated heterocycles. The number of hydrogen-bond donors (Lipinski definition) is 2. The number of nitrogens with zero attached hydrogens (tertiary/aromatic N) is 1. The second kappa shape index (κ2) is 6.12. The van der Waals surface area contributed by atoms with E-state index in [4.69, 9.17) is 0 Å². The van der Waals surface area contributed by atoms with Gasteiger partial charge in [0.05, 0.1) is 0 Å². The summed E-state index contributed by atoms with van der Waals surface area (Å²) in [5, 5.41) is 6.22. The van der Waals surface area contributed by atoms with Gasteiger partial charge in [0.25, 0.3) is 0 Å². The third-order valence-corrected chi connectivity index (χ3v) is 4.37. The van der Waals surface area contributed by atoms with Gasteiger partial charge in [-0.1, -0.05) is 6.92 Å². The molecule has 5 heteroatoms. The molecule has 0 radical (unpaired) electrons. The summed E-state index contributed by atoms with van der Waals surface area (Å²) in [7, 11) is 0. The van der Waals surface area contributed by atoms with Crippen molar-refractivity contribution in [2.45, 2.75) is 38.3 Å². The molecule has 2 heterocycles. The summed E-state index contributed by atoms with van der Waals surface area (Å²) in [6, 6.07) is 4.37. The molecule has 1 amide bonds. The number of carbonyl (C=O) groups excluding carboxylic acids is 1. The van der Waals surface area contributed by atoms with Gasteiger partial charge >= 0.3 is 0 Å². The smallest absolute Gasteiger partial charge is 0.246 e. The number of halogens is 1. The molecule has 2 N–H and O–H groups in total. The fraction of sp³-hybridized carbons (Fsp3) is 0.562. The Morgan fingerprint density at radius 2 is 2.14 bits per heavy atom. The predicted molar refractivity (Wildman–Crippen MR) is 80.7 cm³/mol. The van der Waals surface area contributed by atoms with Crippen LogP contribution in [0.1, 0.15) is 37.8 Å². The molecule has 0 aliphatic carbocycles. The van der Waals surface area contributed by atoms with Crippen LogP contribution < -0.4 is 10.6 Å². The molecule has 3 rings (SSSR count). The van der Waals surface area contributed by atoms with Crippen LogP contribution >= 0.6 is 0 Å². The lowest BCUT2D eigenvalue weighted by atomic mass is 10.0. The average Bonchev–Trinajstić information content (AvgIpc) is 2.77. The lowest BCUT2D eigenvalue weighted by Crippen LogP contribution is -2.45. The minimum atomic E-state index is -0.418. The number of piperidine rings is 1. The van der Waals surface area contributed by atoms with E-state index in [0.717, 1.165) is 43.7 Å². The van der Waals surface area contributed by atoms with Crippen LogP contribution in [-0.2, 0) is 4.79 Å². The first-order valence-corrected chi connectivity index (χ1v) is 7.76. The second-order valence-electron chi connectivity index (χ2n) is 5.94. The van der Waals surface area contributed by atoms with Gasteiger partial charge in [-0.05, 0) is 57.1 Å². The number of rotatable bonds is 4. The molecular formula is C16H22FN3O. The average molecular weight is 291 g/mol. The Bertz CT molecular complexity index is 526. The number of likely N-dealkylation sites (tertiary alicyclic amines) is 1. The highest BCUT2D eigenvalue weighted by Gasteiger charge is 2.33. The quantitative estimate of drug-likeness (QED) is 0.894. The molecule has 0 bridgehead atoms. The van der Waals surface area contributed by atoms with E-state index < -0.39 is 6.04 Å². The molecule has 1 unspecified atom stereocenters. The number of anilines is 1. The summed E-state index contributed by atoms with van der Waals surface area (Å²) in [5.74, 6) is -0.374. The monoisotopic (exact) mass is 291 g/mol.